The molecule has 1 N–H and O–H groups in total. The van der Waals surface area contributed by atoms with Gasteiger partial charge in [-0.1, -0.05) is 37.3 Å². The molecule has 23 heavy (non-hydrogen) atoms. The lowest BCUT2D eigenvalue weighted by molar-refractivity contribution is 0.0927. The van der Waals surface area contributed by atoms with E-state index in [2.05, 4.69) is 16.5 Å². The van der Waals surface area contributed by atoms with Gasteiger partial charge in [-0.05, 0) is 30.7 Å². The second-order valence-corrected chi connectivity index (χ2v) is 5.66. The number of fused-ring (bicyclic) bond motifs is 1. The van der Waals surface area contributed by atoms with Gasteiger partial charge in [0, 0.05) is 6.42 Å². The smallest absolute Gasteiger partial charge is 0.119 e. The van der Waals surface area contributed by atoms with Gasteiger partial charge in [-0.3, -0.25) is 0 Å². The maximum Gasteiger partial charge on any atom is 0.119 e. The van der Waals surface area contributed by atoms with Crippen molar-refractivity contribution < 1.29 is 9.84 Å². The van der Waals surface area contributed by atoms with Crippen LogP contribution in [0.15, 0.2) is 54.6 Å². The van der Waals surface area contributed by atoms with Crippen molar-refractivity contribution in [3.63, 3.8) is 0 Å². The molecule has 0 spiro atoms. The SMILES string of the molecule is CCCc1nc2ccccc2n1C[C@@H](O)COc1ccccc1. The van der Waals surface area contributed by atoms with E-state index in [4.69, 9.17) is 4.74 Å². The summed E-state index contributed by atoms with van der Waals surface area (Å²) < 4.78 is 7.75. The zero-order valence-electron chi connectivity index (χ0n) is 13.4. The Kier molecular flexibility index (Phi) is 4.93. The standard InChI is InChI=1S/C19H22N2O2/c1-2-8-19-20-17-11-6-7-12-18(17)21(19)13-15(22)14-23-16-9-4-3-5-10-16/h3-7,9-12,15,22H,2,8,13-14H2,1H3/t15-/m1/s1. The van der Waals surface area contributed by atoms with Crippen LogP contribution in [0.3, 0.4) is 0 Å². The van der Waals surface area contributed by atoms with Crippen molar-refractivity contribution in [1.82, 2.24) is 9.55 Å². The van der Waals surface area contributed by atoms with Crippen molar-refractivity contribution in [2.75, 3.05) is 6.61 Å². The van der Waals surface area contributed by atoms with Crippen LogP contribution < -0.4 is 4.74 Å². The molecule has 0 bridgehead atoms. The summed E-state index contributed by atoms with van der Waals surface area (Å²) in [6.07, 6.45) is 1.35. The number of aromatic nitrogens is 2. The van der Waals surface area contributed by atoms with Gasteiger partial charge < -0.3 is 14.4 Å². The number of aliphatic hydroxyl groups excluding tert-OH is 1. The number of nitrogens with zero attached hydrogens (tertiary/aromatic N) is 2. The lowest BCUT2D eigenvalue weighted by Crippen LogP contribution is -2.24. The van der Waals surface area contributed by atoms with Crippen molar-refractivity contribution in [3.05, 3.63) is 60.4 Å². The van der Waals surface area contributed by atoms with Crippen molar-refractivity contribution in [3.8, 4) is 5.75 Å². The summed E-state index contributed by atoms with van der Waals surface area (Å²) in [5.41, 5.74) is 2.04. The number of hydrogen-bond acceptors (Lipinski definition) is 3. The predicted molar refractivity (Wildman–Crippen MR) is 91.7 cm³/mol. The molecule has 0 amide bonds. The van der Waals surface area contributed by atoms with Gasteiger partial charge in [0.05, 0.1) is 17.6 Å². The maximum absolute atomic E-state index is 10.4. The second kappa shape index (κ2) is 7.29. The van der Waals surface area contributed by atoms with E-state index in [0.29, 0.717) is 6.54 Å². The van der Waals surface area contributed by atoms with E-state index < -0.39 is 6.10 Å². The maximum atomic E-state index is 10.4. The van der Waals surface area contributed by atoms with Gasteiger partial charge in [-0.15, -0.1) is 0 Å². The normalized spacial score (nSPS) is 12.4. The fourth-order valence-corrected chi connectivity index (χ4v) is 2.72. The first-order valence-corrected chi connectivity index (χ1v) is 8.08. The van der Waals surface area contributed by atoms with Crippen molar-refractivity contribution in [1.29, 1.82) is 0 Å². The third kappa shape index (κ3) is 3.71. The Morgan fingerprint density at radius 3 is 2.61 bits per heavy atom. The van der Waals surface area contributed by atoms with Gasteiger partial charge in [0.15, 0.2) is 0 Å². The summed E-state index contributed by atoms with van der Waals surface area (Å²) in [6.45, 7) is 2.89. The van der Waals surface area contributed by atoms with Gasteiger partial charge in [0.25, 0.3) is 0 Å². The van der Waals surface area contributed by atoms with E-state index >= 15 is 0 Å². The molecule has 0 fully saturated rings. The highest BCUT2D eigenvalue weighted by molar-refractivity contribution is 5.75. The molecule has 0 unspecified atom stereocenters. The number of imidazole rings is 1. The Labute approximate surface area is 136 Å². The Balaban J connectivity index is 1.73. The van der Waals surface area contributed by atoms with Crippen LogP contribution in [0, 0.1) is 0 Å². The molecule has 2 aromatic carbocycles. The first-order valence-electron chi connectivity index (χ1n) is 8.08. The average molecular weight is 310 g/mol. The third-order valence-electron chi connectivity index (χ3n) is 3.79. The molecule has 3 rings (SSSR count). The van der Waals surface area contributed by atoms with E-state index in [1.807, 2.05) is 54.6 Å². The quantitative estimate of drug-likeness (QED) is 0.727. The average Bonchev–Trinajstić information content (AvgIpc) is 2.92. The lowest BCUT2D eigenvalue weighted by atomic mass is 10.3. The summed E-state index contributed by atoms with van der Waals surface area (Å²) in [4.78, 5) is 4.68. The van der Waals surface area contributed by atoms with E-state index in [1.54, 1.807) is 0 Å². The summed E-state index contributed by atoms with van der Waals surface area (Å²) in [5, 5.41) is 10.4. The number of hydrogen-bond donors (Lipinski definition) is 1. The zero-order chi connectivity index (χ0) is 16.1. The lowest BCUT2D eigenvalue weighted by Gasteiger charge is -2.15. The first-order chi connectivity index (χ1) is 11.3. The van der Waals surface area contributed by atoms with Crippen LogP contribution >= 0.6 is 0 Å². The summed E-state index contributed by atoms with van der Waals surface area (Å²) in [5.74, 6) is 1.79. The molecule has 0 aliphatic heterocycles. The van der Waals surface area contributed by atoms with Gasteiger partial charge in [0.1, 0.15) is 24.3 Å². The monoisotopic (exact) mass is 310 g/mol. The minimum Gasteiger partial charge on any atom is -0.491 e. The van der Waals surface area contributed by atoms with E-state index in [1.165, 1.54) is 0 Å². The molecule has 4 heteroatoms. The van der Waals surface area contributed by atoms with Crippen LogP contribution in [0.4, 0.5) is 0 Å². The van der Waals surface area contributed by atoms with Gasteiger partial charge in [0.2, 0.25) is 0 Å². The fourth-order valence-electron chi connectivity index (χ4n) is 2.72. The van der Waals surface area contributed by atoms with Crippen molar-refractivity contribution in [2.45, 2.75) is 32.4 Å². The number of para-hydroxylation sites is 3. The molecule has 1 atom stereocenters. The van der Waals surface area contributed by atoms with Crippen molar-refractivity contribution in [2.24, 2.45) is 0 Å². The van der Waals surface area contributed by atoms with Crippen LogP contribution in [-0.4, -0.2) is 27.4 Å². The Hall–Kier alpha value is -2.33. The fraction of sp³-hybridized carbons (Fsp3) is 0.316. The molecule has 1 aromatic heterocycles. The van der Waals surface area contributed by atoms with Crippen LogP contribution in [0.1, 0.15) is 19.2 Å². The highest BCUT2D eigenvalue weighted by atomic mass is 16.5. The highest BCUT2D eigenvalue weighted by Gasteiger charge is 2.14. The number of rotatable bonds is 7. The molecule has 0 saturated carbocycles. The van der Waals surface area contributed by atoms with E-state index in [-0.39, 0.29) is 6.61 Å². The van der Waals surface area contributed by atoms with Gasteiger partial charge in [-0.25, -0.2) is 4.98 Å². The predicted octanol–water partition coefficient (Wildman–Crippen LogP) is 3.43. The third-order valence-corrected chi connectivity index (χ3v) is 3.79. The largest absolute Gasteiger partial charge is 0.491 e. The molecule has 4 nitrogen and oxygen atoms in total. The topological polar surface area (TPSA) is 47.3 Å². The molecule has 0 aliphatic carbocycles. The molecule has 0 radical (unpaired) electrons. The Morgan fingerprint density at radius 2 is 1.83 bits per heavy atom. The van der Waals surface area contributed by atoms with Crippen LogP contribution in [0.5, 0.6) is 5.75 Å². The Bertz CT molecular complexity index is 752. The van der Waals surface area contributed by atoms with E-state index in [9.17, 15) is 5.11 Å². The molecule has 120 valence electrons. The minimum absolute atomic E-state index is 0.266. The van der Waals surface area contributed by atoms with Crippen molar-refractivity contribution >= 4 is 11.0 Å². The zero-order valence-corrected chi connectivity index (χ0v) is 13.4. The number of aliphatic hydroxyl groups is 1. The van der Waals surface area contributed by atoms with Gasteiger partial charge >= 0.3 is 0 Å². The van der Waals surface area contributed by atoms with E-state index in [0.717, 1.165) is 35.4 Å². The number of benzene rings is 2. The highest BCUT2D eigenvalue weighted by Crippen LogP contribution is 2.18. The van der Waals surface area contributed by atoms with Crippen LogP contribution in [-0.2, 0) is 13.0 Å². The van der Waals surface area contributed by atoms with Crippen LogP contribution in [0.25, 0.3) is 11.0 Å². The number of ether oxygens (including phenoxy) is 1. The first kappa shape index (κ1) is 15.6. The molecular weight excluding hydrogens is 288 g/mol. The van der Waals surface area contributed by atoms with Crippen LogP contribution in [0.2, 0.25) is 0 Å². The summed E-state index contributed by atoms with van der Waals surface area (Å²) in [6, 6.07) is 17.6. The molecular formula is C19H22N2O2. The number of aryl methyl sites for hydroxylation is 1. The minimum atomic E-state index is -0.580. The molecule has 0 saturated heterocycles. The summed E-state index contributed by atoms with van der Waals surface area (Å²) in [7, 11) is 0. The Morgan fingerprint density at radius 1 is 1.09 bits per heavy atom. The second-order valence-electron chi connectivity index (χ2n) is 5.66. The molecule has 1 heterocycles. The molecule has 3 aromatic rings. The van der Waals surface area contributed by atoms with Gasteiger partial charge in [-0.2, -0.15) is 0 Å². The summed E-state index contributed by atoms with van der Waals surface area (Å²) >= 11 is 0. The molecule has 0 aliphatic rings.